The second kappa shape index (κ2) is 5.98. The molecule has 0 aromatic heterocycles. The Morgan fingerprint density at radius 3 is 2.82 bits per heavy atom. The molecule has 1 saturated heterocycles. The number of piperidine rings is 1. The Morgan fingerprint density at radius 2 is 2.18 bits per heavy atom. The van der Waals surface area contributed by atoms with E-state index in [0.29, 0.717) is 12.0 Å². The fourth-order valence-corrected chi connectivity index (χ4v) is 3.44. The van der Waals surface area contributed by atoms with Crippen molar-refractivity contribution in [2.24, 2.45) is 11.7 Å². The first-order valence-electron chi connectivity index (χ1n) is 6.46. The van der Waals surface area contributed by atoms with E-state index < -0.39 is 0 Å². The fourth-order valence-electron chi connectivity index (χ4n) is 2.92. The molecule has 1 heterocycles. The number of hydrogen-bond donors (Lipinski definition) is 1. The predicted molar refractivity (Wildman–Crippen MR) is 75.9 cm³/mol. The van der Waals surface area contributed by atoms with Crippen LogP contribution in [0.4, 0.5) is 0 Å². The molecule has 0 spiro atoms. The van der Waals surface area contributed by atoms with E-state index in [2.05, 4.69) is 52.0 Å². The Bertz CT molecular complexity index is 355. The van der Waals surface area contributed by atoms with Crippen molar-refractivity contribution in [3.05, 3.63) is 34.3 Å². The first-order chi connectivity index (χ1) is 8.27. The Balaban J connectivity index is 2.33. The van der Waals surface area contributed by atoms with Crippen LogP contribution in [0.2, 0.25) is 0 Å². The van der Waals surface area contributed by atoms with Crippen LogP contribution < -0.4 is 5.73 Å². The highest BCUT2D eigenvalue weighted by atomic mass is 79.9. The van der Waals surface area contributed by atoms with Gasteiger partial charge in [-0.05, 0) is 50.0 Å². The molecule has 1 fully saturated rings. The number of halogens is 1. The van der Waals surface area contributed by atoms with Gasteiger partial charge in [-0.15, -0.1) is 0 Å². The second-order valence-electron chi connectivity index (χ2n) is 4.73. The highest BCUT2D eigenvalue weighted by Gasteiger charge is 2.31. The largest absolute Gasteiger partial charge is 0.330 e. The Kier molecular flexibility index (Phi) is 4.60. The summed E-state index contributed by atoms with van der Waals surface area (Å²) in [4.78, 5) is 2.56. The van der Waals surface area contributed by atoms with Crippen LogP contribution in [-0.2, 0) is 0 Å². The number of likely N-dealkylation sites (tertiary alicyclic amines) is 1. The maximum Gasteiger partial charge on any atom is 0.0399 e. The molecule has 0 radical (unpaired) electrons. The number of nitrogens with zero attached hydrogens (tertiary/aromatic N) is 1. The van der Waals surface area contributed by atoms with Crippen LogP contribution in [0, 0.1) is 5.92 Å². The fraction of sp³-hybridized carbons (Fsp3) is 0.571. The minimum absolute atomic E-state index is 0.481. The molecule has 94 valence electrons. The first kappa shape index (κ1) is 13.1. The molecule has 0 saturated carbocycles. The SMILES string of the molecule is CCN1CCCC(CN)C1c1ccccc1Br. The molecule has 2 N–H and O–H groups in total. The number of nitrogens with two attached hydrogens (primary N) is 1. The third kappa shape index (κ3) is 2.72. The molecule has 2 unspecified atom stereocenters. The normalized spacial score (nSPS) is 26.1. The van der Waals surface area contributed by atoms with Gasteiger partial charge in [-0.25, -0.2) is 0 Å². The van der Waals surface area contributed by atoms with E-state index in [0.717, 1.165) is 13.1 Å². The van der Waals surface area contributed by atoms with Gasteiger partial charge in [0, 0.05) is 10.5 Å². The van der Waals surface area contributed by atoms with Crippen LogP contribution in [-0.4, -0.2) is 24.5 Å². The first-order valence-corrected chi connectivity index (χ1v) is 7.25. The van der Waals surface area contributed by atoms with E-state index in [4.69, 9.17) is 5.73 Å². The quantitative estimate of drug-likeness (QED) is 0.928. The van der Waals surface area contributed by atoms with Gasteiger partial charge in [0.2, 0.25) is 0 Å². The van der Waals surface area contributed by atoms with Crippen LogP contribution in [0.15, 0.2) is 28.7 Å². The summed E-state index contributed by atoms with van der Waals surface area (Å²) in [7, 11) is 0. The molecular formula is C14H21BrN2. The molecule has 1 aliphatic heterocycles. The van der Waals surface area contributed by atoms with Crippen molar-refractivity contribution >= 4 is 15.9 Å². The zero-order valence-corrected chi connectivity index (χ0v) is 12.0. The van der Waals surface area contributed by atoms with Gasteiger partial charge >= 0.3 is 0 Å². The summed E-state index contributed by atoms with van der Waals surface area (Å²) in [6.07, 6.45) is 2.52. The predicted octanol–water partition coefficient (Wildman–Crippen LogP) is 3.18. The van der Waals surface area contributed by atoms with E-state index in [1.54, 1.807) is 0 Å². The van der Waals surface area contributed by atoms with Gasteiger partial charge < -0.3 is 5.73 Å². The lowest BCUT2D eigenvalue weighted by Crippen LogP contribution is -2.41. The van der Waals surface area contributed by atoms with Gasteiger partial charge in [-0.2, -0.15) is 0 Å². The molecule has 1 aliphatic rings. The van der Waals surface area contributed by atoms with Crippen molar-refractivity contribution in [1.29, 1.82) is 0 Å². The molecular weight excluding hydrogens is 276 g/mol. The summed E-state index contributed by atoms with van der Waals surface area (Å²) < 4.78 is 1.21. The zero-order chi connectivity index (χ0) is 12.3. The summed E-state index contributed by atoms with van der Waals surface area (Å²) in [5, 5.41) is 0. The second-order valence-corrected chi connectivity index (χ2v) is 5.59. The van der Waals surface area contributed by atoms with Crippen molar-refractivity contribution in [2.75, 3.05) is 19.6 Å². The van der Waals surface area contributed by atoms with Crippen molar-refractivity contribution < 1.29 is 0 Å². The van der Waals surface area contributed by atoms with Crippen LogP contribution in [0.3, 0.4) is 0 Å². The molecule has 17 heavy (non-hydrogen) atoms. The summed E-state index contributed by atoms with van der Waals surface area (Å²) in [6.45, 7) is 5.31. The van der Waals surface area contributed by atoms with Crippen molar-refractivity contribution in [2.45, 2.75) is 25.8 Å². The molecule has 1 aromatic carbocycles. The topological polar surface area (TPSA) is 29.3 Å². The molecule has 0 aliphatic carbocycles. The van der Waals surface area contributed by atoms with Crippen LogP contribution in [0.5, 0.6) is 0 Å². The van der Waals surface area contributed by atoms with E-state index in [-0.39, 0.29) is 0 Å². The van der Waals surface area contributed by atoms with E-state index in [1.807, 2.05) is 0 Å². The average molecular weight is 297 g/mol. The van der Waals surface area contributed by atoms with Gasteiger partial charge in [0.05, 0.1) is 0 Å². The third-order valence-electron chi connectivity index (χ3n) is 3.79. The molecule has 2 nitrogen and oxygen atoms in total. The molecule has 2 rings (SSSR count). The minimum atomic E-state index is 0.481. The minimum Gasteiger partial charge on any atom is -0.330 e. The summed E-state index contributed by atoms with van der Waals surface area (Å²) in [5.41, 5.74) is 7.35. The van der Waals surface area contributed by atoms with E-state index >= 15 is 0 Å². The molecule has 1 aromatic rings. The molecule has 0 amide bonds. The summed E-state index contributed by atoms with van der Waals surface area (Å²) >= 11 is 3.68. The van der Waals surface area contributed by atoms with Gasteiger partial charge in [0.15, 0.2) is 0 Å². The summed E-state index contributed by atoms with van der Waals surface area (Å²) in [5.74, 6) is 0.586. The lowest BCUT2D eigenvalue weighted by molar-refractivity contribution is 0.101. The van der Waals surface area contributed by atoms with Gasteiger partial charge in [-0.1, -0.05) is 41.1 Å². The smallest absolute Gasteiger partial charge is 0.0399 e. The van der Waals surface area contributed by atoms with Gasteiger partial charge in [0.25, 0.3) is 0 Å². The number of hydrogen-bond acceptors (Lipinski definition) is 2. The van der Waals surface area contributed by atoms with Crippen LogP contribution in [0.25, 0.3) is 0 Å². The number of rotatable bonds is 3. The van der Waals surface area contributed by atoms with Crippen molar-refractivity contribution in [3.63, 3.8) is 0 Å². The molecule has 2 atom stereocenters. The van der Waals surface area contributed by atoms with Gasteiger partial charge in [0.1, 0.15) is 0 Å². The lowest BCUT2D eigenvalue weighted by Gasteiger charge is -2.41. The average Bonchev–Trinajstić information content (AvgIpc) is 2.38. The highest BCUT2D eigenvalue weighted by molar-refractivity contribution is 9.10. The Labute approximate surface area is 112 Å². The number of benzene rings is 1. The van der Waals surface area contributed by atoms with Crippen molar-refractivity contribution in [3.8, 4) is 0 Å². The monoisotopic (exact) mass is 296 g/mol. The molecule has 0 bridgehead atoms. The molecule has 3 heteroatoms. The van der Waals surface area contributed by atoms with Crippen LogP contribution >= 0.6 is 15.9 Å². The van der Waals surface area contributed by atoms with Crippen molar-refractivity contribution in [1.82, 2.24) is 4.90 Å². The Morgan fingerprint density at radius 1 is 1.41 bits per heavy atom. The van der Waals surface area contributed by atoms with Gasteiger partial charge in [-0.3, -0.25) is 4.90 Å². The lowest BCUT2D eigenvalue weighted by atomic mass is 9.84. The van der Waals surface area contributed by atoms with E-state index in [9.17, 15) is 0 Å². The highest BCUT2D eigenvalue weighted by Crippen LogP contribution is 2.38. The maximum atomic E-state index is 5.96. The Hall–Kier alpha value is -0.380. The zero-order valence-electron chi connectivity index (χ0n) is 10.4. The maximum absolute atomic E-state index is 5.96. The van der Waals surface area contributed by atoms with Crippen LogP contribution in [0.1, 0.15) is 31.4 Å². The van der Waals surface area contributed by atoms with E-state index in [1.165, 1.54) is 29.4 Å². The summed E-state index contributed by atoms with van der Waals surface area (Å²) in [6, 6.07) is 9.03. The third-order valence-corrected chi connectivity index (χ3v) is 4.52. The standard InChI is InChI=1S/C14H21BrN2/c1-2-17-9-5-6-11(10-16)14(17)12-7-3-4-8-13(12)15/h3-4,7-8,11,14H,2,5-6,9-10,16H2,1H3.